The molecule has 1 saturated heterocycles. The first kappa shape index (κ1) is 18.2. The number of hydrogen-bond acceptors (Lipinski definition) is 3. The van der Waals surface area contributed by atoms with E-state index in [-0.39, 0.29) is 5.91 Å². The molecular weight excluding hydrogens is 352 g/mol. The number of aryl methyl sites for hydroxylation is 1. The fourth-order valence-corrected chi connectivity index (χ4v) is 4.02. The predicted molar refractivity (Wildman–Crippen MR) is 109 cm³/mol. The number of hydrogen-bond donors (Lipinski definition) is 1. The molecule has 1 N–H and O–H groups in total. The van der Waals surface area contributed by atoms with E-state index in [1.807, 2.05) is 37.3 Å². The molecule has 5 heteroatoms. The molecule has 3 nitrogen and oxygen atoms in total. The number of rotatable bonds is 6. The number of nitrogens with one attached hydrogen (secondary N) is 1. The molecule has 0 spiro atoms. The fourth-order valence-electron chi connectivity index (χ4n) is 3.03. The van der Waals surface area contributed by atoms with Gasteiger partial charge in [0.15, 0.2) is 0 Å². The number of carbonyl (C=O) groups is 1. The summed E-state index contributed by atoms with van der Waals surface area (Å²) in [6, 6.07) is 14.0. The third kappa shape index (κ3) is 5.16. The second-order valence-corrected chi connectivity index (χ2v) is 7.79. The highest BCUT2D eigenvalue weighted by Gasteiger charge is 2.13. The van der Waals surface area contributed by atoms with Gasteiger partial charge >= 0.3 is 0 Å². The molecule has 0 aliphatic carbocycles. The van der Waals surface area contributed by atoms with Crippen LogP contribution in [0, 0.1) is 6.92 Å². The Hall–Kier alpha value is -1.65. The lowest BCUT2D eigenvalue weighted by atomic mass is 10.1. The van der Waals surface area contributed by atoms with Gasteiger partial charge in [0.05, 0.1) is 5.75 Å². The highest BCUT2D eigenvalue weighted by atomic mass is 35.5. The average molecular weight is 375 g/mol. The number of nitrogens with zero attached hydrogens (tertiary/aromatic N) is 1. The van der Waals surface area contributed by atoms with Crippen LogP contribution in [0.1, 0.15) is 24.0 Å². The van der Waals surface area contributed by atoms with Crippen molar-refractivity contribution in [2.24, 2.45) is 0 Å². The van der Waals surface area contributed by atoms with Crippen molar-refractivity contribution in [3.05, 3.63) is 58.6 Å². The van der Waals surface area contributed by atoms with Gasteiger partial charge in [-0.3, -0.25) is 4.79 Å². The first-order valence-corrected chi connectivity index (χ1v) is 10.1. The molecule has 2 aromatic rings. The molecule has 0 unspecified atom stereocenters. The first-order valence-electron chi connectivity index (χ1n) is 8.59. The Morgan fingerprint density at radius 3 is 2.72 bits per heavy atom. The van der Waals surface area contributed by atoms with Crippen molar-refractivity contribution in [2.75, 3.05) is 29.1 Å². The van der Waals surface area contributed by atoms with Crippen LogP contribution < -0.4 is 10.2 Å². The van der Waals surface area contributed by atoms with E-state index in [1.54, 1.807) is 11.8 Å². The van der Waals surface area contributed by atoms with E-state index < -0.39 is 0 Å². The van der Waals surface area contributed by atoms with Gasteiger partial charge in [-0.15, -0.1) is 11.8 Å². The van der Waals surface area contributed by atoms with E-state index >= 15 is 0 Å². The van der Waals surface area contributed by atoms with Crippen LogP contribution in [-0.4, -0.2) is 24.7 Å². The standard InChI is InChI=1S/C20H23ClN2OS/c1-15-11-18(23-9-2-3-10-23)7-8-19(15)22-20(24)14-25-13-16-5-4-6-17(21)12-16/h4-8,11-12H,2-3,9-10,13-14H2,1H3,(H,22,24). The van der Waals surface area contributed by atoms with Crippen LogP contribution in [-0.2, 0) is 10.5 Å². The molecule has 132 valence electrons. The van der Waals surface area contributed by atoms with Crippen LogP contribution in [0.25, 0.3) is 0 Å². The van der Waals surface area contributed by atoms with Crippen molar-refractivity contribution in [1.82, 2.24) is 0 Å². The van der Waals surface area contributed by atoms with Crippen LogP contribution in [0.4, 0.5) is 11.4 Å². The number of thioether (sulfide) groups is 1. The van der Waals surface area contributed by atoms with Gasteiger partial charge < -0.3 is 10.2 Å². The molecule has 3 rings (SSSR count). The second-order valence-electron chi connectivity index (χ2n) is 6.36. The summed E-state index contributed by atoms with van der Waals surface area (Å²) in [5, 5.41) is 3.75. The smallest absolute Gasteiger partial charge is 0.234 e. The SMILES string of the molecule is Cc1cc(N2CCCC2)ccc1NC(=O)CSCc1cccc(Cl)c1. The molecule has 2 aromatic carbocycles. The summed E-state index contributed by atoms with van der Waals surface area (Å²) in [6.45, 7) is 4.31. The zero-order valence-electron chi connectivity index (χ0n) is 14.4. The highest BCUT2D eigenvalue weighted by molar-refractivity contribution is 7.99. The van der Waals surface area contributed by atoms with E-state index in [0.29, 0.717) is 5.75 Å². The third-order valence-electron chi connectivity index (χ3n) is 4.35. The van der Waals surface area contributed by atoms with Crippen LogP contribution >= 0.6 is 23.4 Å². The lowest BCUT2D eigenvalue weighted by molar-refractivity contribution is -0.113. The minimum absolute atomic E-state index is 0.0315. The third-order valence-corrected chi connectivity index (χ3v) is 5.59. The zero-order valence-corrected chi connectivity index (χ0v) is 16.0. The molecule has 1 heterocycles. The van der Waals surface area contributed by atoms with Crippen molar-refractivity contribution in [3.63, 3.8) is 0 Å². The maximum Gasteiger partial charge on any atom is 0.234 e. The largest absolute Gasteiger partial charge is 0.372 e. The second kappa shape index (κ2) is 8.63. The minimum atomic E-state index is 0.0315. The summed E-state index contributed by atoms with van der Waals surface area (Å²) in [4.78, 5) is 14.6. The Labute approximate surface area is 158 Å². The minimum Gasteiger partial charge on any atom is -0.372 e. The summed E-state index contributed by atoms with van der Waals surface area (Å²) in [7, 11) is 0. The maximum absolute atomic E-state index is 12.2. The quantitative estimate of drug-likeness (QED) is 0.761. The van der Waals surface area contributed by atoms with E-state index in [4.69, 9.17) is 11.6 Å². The predicted octanol–water partition coefficient (Wildman–Crippen LogP) is 5.12. The molecule has 1 amide bonds. The molecule has 0 bridgehead atoms. The van der Waals surface area contributed by atoms with Gasteiger partial charge in [0, 0.05) is 35.2 Å². The van der Waals surface area contributed by atoms with Gasteiger partial charge in [-0.2, -0.15) is 0 Å². The Morgan fingerprint density at radius 2 is 2.00 bits per heavy atom. The monoisotopic (exact) mass is 374 g/mol. The number of anilines is 2. The average Bonchev–Trinajstić information content (AvgIpc) is 3.11. The van der Waals surface area contributed by atoms with Gasteiger partial charge in [-0.05, 0) is 61.2 Å². The van der Waals surface area contributed by atoms with Crippen molar-refractivity contribution in [1.29, 1.82) is 0 Å². The highest BCUT2D eigenvalue weighted by Crippen LogP contribution is 2.25. The van der Waals surface area contributed by atoms with Crippen LogP contribution in [0.3, 0.4) is 0 Å². The number of carbonyl (C=O) groups excluding carboxylic acids is 1. The van der Waals surface area contributed by atoms with E-state index in [1.165, 1.54) is 18.5 Å². The molecule has 1 fully saturated rings. The zero-order chi connectivity index (χ0) is 17.6. The Kier molecular flexibility index (Phi) is 6.27. The van der Waals surface area contributed by atoms with Gasteiger partial charge in [-0.1, -0.05) is 23.7 Å². The van der Waals surface area contributed by atoms with E-state index in [9.17, 15) is 4.79 Å². The number of halogens is 1. The Balaban J connectivity index is 1.50. The van der Waals surface area contributed by atoms with E-state index in [0.717, 1.165) is 40.7 Å². The summed E-state index contributed by atoms with van der Waals surface area (Å²) < 4.78 is 0. The Morgan fingerprint density at radius 1 is 1.20 bits per heavy atom. The number of amides is 1. The Bertz CT molecular complexity index is 744. The van der Waals surface area contributed by atoms with Crippen LogP contribution in [0.5, 0.6) is 0 Å². The molecule has 1 aliphatic heterocycles. The summed E-state index contributed by atoms with van der Waals surface area (Å²) in [5.74, 6) is 1.24. The van der Waals surface area contributed by atoms with Crippen LogP contribution in [0.15, 0.2) is 42.5 Å². The maximum atomic E-state index is 12.2. The topological polar surface area (TPSA) is 32.3 Å². The lowest BCUT2D eigenvalue weighted by Gasteiger charge is -2.19. The van der Waals surface area contributed by atoms with Gasteiger partial charge in [0.1, 0.15) is 0 Å². The van der Waals surface area contributed by atoms with Crippen molar-refractivity contribution in [3.8, 4) is 0 Å². The fraction of sp³-hybridized carbons (Fsp3) is 0.350. The molecule has 1 aliphatic rings. The van der Waals surface area contributed by atoms with Gasteiger partial charge in [-0.25, -0.2) is 0 Å². The summed E-state index contributed by atoms with van der Waals surface area (Å²) in [6.07, 6.45) is 2.53. The normalized spacial score (nSPS) is 13.9. The lowest BCUT2D eigenvalue weighted by Crippen LogP contribution is -2.18. The van der Waals surface area contributed by atoms with E-state index in [2.05, 4.69) is 22.3 Å². The van der Waals surface area contributed by atoms with Crippen molar-refractivity contribution < 1.29 is 4.79 Å². The summed E-state index contributed by atoms with van der Waals surface area (Å²) in [5.41, 5.74) is 4.40. The van der Waals surface area contributed by atoms with Crippen molar-refractivity contribution in [2.45, 2.75) is 25.5 Å². The van der Waals surface area contributed by atoms with Crippen molar-refractivity contribution >= 4 is 40.6 Å². The number of benzene rings is 2. The molecule has 0 atom stereocenters. The first-order chi connectivity index (χ1) is 12.1. The van der Waals surface area contributed by atoms with Crippen LogP contribution in [0.2, 0.25) is 5.02 Å². The van der Waals surface area contributed by atoms with Gasteiger partial charge in [0.25, 0.3) is 0 Å². The molecule has 0 saturated carbocycles. The molecule has 25 heavy (non-hydrogen) atoms. The molecule has 0 radical (unpaired) electrons. The summed E-state index contributed by atoms with van der Waals surface area (Å²) >= 11 is 7.57. The molecule has 0 aromatic heterocycles. The van der Waals surface area contributed by atoms with Gasteiger partial charge in [0.2, 0.25) is 5.91 Å². The molecular formula is C20H23ClN2OS.